The molecule has 0 atom stereocenters. The molecule has 0 aliphatic carbocycles. The number of aromatic nitrogens is 2. The van der Waals surface area contributed by atoms with Crippen molar-refractivity contribution in [1.82, 2.24) is 9.97 Å². The Morgan fingerprint density at radius 1 is 1.45 bits per heavy atom. The summed E-state index contributed by atoms with van der Waals surface area (Å²) in [6.07, 6.45) is 1.62. The molecule has 0 fully saturated rings. The number of halogens is 1. The first-order valence-electron chi connectivity index (χ1n) is 5.79. The molecule has 6 nitrogen and oxygen atoms in total. The molecule has 1 heterocycles. The van der Waals surface area contributed by atoms with Crippen molar-refractivity contribution in [1.29, 1.82) is 0 Å². The first kappa shape index (κ1) is 14.3. The molecule has 0 saturated carbocycles. The lowest BCUT2D eigenvalue weighted by molar-refractivity contribution is 0.412. The van der Waals surface area contributed by atoms with Crippen molar-refractivity contribution in [2.45, 2.75) is 6.92 Å². The number of aryl methyl sites for hydroxylation is 1. The van der Waals surface area contributed by atoms with E-state index in [9.17, 15) is 4.79 Å². The van der Waals surface area contributed by atoms with E-state index in [-0.39, 0.29) is 5.56 Å². The number of ether oxygens (including phenoxy) is 1. The third-order valence-electron chi connectivity index (χ3n) is 2.43. The zero-order valence-corrected chi connectivity index (χ0v) is 12.6. The number of hydrazone groups is 1. The summed E-state index contributed by atoms with van der Waals surface area (Å²) in [6, 6.07) is 6.98. The normalized spacial score (nSPS) is 10.8. The molecule has 0 unspecified atom stereocenters. The van der Waals surface area contributed by atoms with E-state index in [4.69, 9.17) is 4.74 Å². The zero-order valence-electron chi connectivity index (χ0n) is 11.0. The topological polar surface area (TPSA) is 79.4 Å². The van der Waals surface area contributed by atoms with Gasteiger partial charge in [0.25, 0.3) is 5.56 Å². The van der Waals surface area contributed by atoms with Gasteiger partial charge in [-0.05, 0) is 46.6 Å². The van der Waals surface area contributed by atoms with Crippen LogP contribution in [-0.2, 0) is 0 Å². The van der Waals surface area contributed by atoms with Gasteiger partial charge in [0, 0.05) is 11.8 Å². The number of aromatic amines is 1. The summed E-state index contributed by atoms with van der Waals surface area (Å²) in [5.41, 5.74) is 3.96. The molecule has 1 aromatic carbocycles. The van der Waals surface area contributed by atoms with E-state index >= 15 is 0 Å². The monoisotopic (exact) mass is 336 g/mol. The first-order valence-corrected chi connectivity index (χ1v) is 6.58. The van der Waals surface area contributed by atoms with Gasteiger partial charge in [-0.25, -0.2) is 10.4 Å². The minimum Gasteiger partial charge on any atom is -0.496 e. The number of rotatable bonds is 4. The van der Waals surface area contributed by atoms with E-state index in [1.54, 1.807) is 20.2 Å². The van der Waals surface area contributed by atoms with Crippen molar-refractivity contribution >= 4 is 28.1 Å². The summed E-state index contributed by atoms with van der Waals surface area (Å²) < 4.78 is 5.98. The summed E-state index contributed by atoms with van der Waals surface area (Å²) in [5.74, 6) is 1.05. The van der Waals surface area contributed by atoms with Gasteiger partial charge in [0.05, 0.1) is 17.8 Å². The zero-order chi connectivity index (χ0) is 14.5. The quantitative estimate of drug-likeness (QED) is 0.663. The first-order chi connectivity index (χ1) is 9.58. The summed E-state index contributed by atoms with van der Waals surface area (Å²) in [7, 11) is 1.61. The fourth-order valence-corrected chi connectivity index (χ4v) is 2.12. The van der Waals surface area contributed by atoms with Crippen LogP contribution in [0.3, 0.4) is 0 Å². The molecule has 1 aromatic heterocycles. The molecule has 0 saturated heterocycles. The summed E-state index contributed by atoms with van der Waals surface area (Å²) in [6.45, 7) is 1.74. The third kappa shape index (κ3) is 3.67. The van der Waals surface area contributed by atoms with Crippen LogP contribution in [0.4, 0.5) is 5.95 Å². The molecule has 0 radical (unpaired) electrons. The standard InChI is InChI=1S/C13H13BrN4O2/c1-8-5-12(19)17-13(16-8)18-15-7-9-3-4-11(20-2)10(14)6-9/h3-7H,1-2H3,(H2,16,17,18,19)/b15-7+. The average molecular weight is 337 g/mol. The van der Waals surface area contributed by atoms with Gasteiger partial charge in [-0.2, -0.15) is 5.10 Å². The molecule has 2 rings (SSSR count). The van der Waals surface area contributed by atoms with E-state index in [2.05, 4.69) is 36.4 Å². The van der Waals surface area contributed by atoms with Crippen molar-refractivity contribution in [3.8, 4) is 5.75 Å². The van der Waals surface area contributed by atoms with Crippen molar-refractivity contribution in [3.05, 3.63) is 50.3 Å². The van der Waals surface area contributed by atoms with Gasteiger partial charge in [-0.1, -0.05) is 0 Å². The van der Waals surface area contributed by atoms with Crippen molar-refractivity contribution in [3.63, 3.8) is 0 Å². The van der Waals surface area contributed by atoms with Crippen molar-refractivity contribution in [2.75, 3.05) is 12.5 Å². The van der Waals surface area contributed by atoms with E-state index < -0.39 is 0 Å². The Labute approximate surface area is 124 Å². The Morgan fingerprint density at radius 3 is 2.90 bits per heavy atom. The fourth-order valence-electron chi connectivity index (χ4n) is 1.56. The SMILES string of the molecule is COc1ccc(/C=N/Nc2nc(C)cc(=O)[nH]2)cc1Br. The highest BCUT2D eigenvalue weighted by atomic mass is 79.9. The van der Waals surface area contributed by atoms with Gasteiger partial charge in [-0.3, -0.25) is 9.78 Å². The van der Waals surface area contributed by atoms with E-state index in [0.29, 0.717) is 11.6 Å². The summed E-state index contributed by atoms with van der Waals surface area (Å²) in [5, 5.41) is 4.02. The highest BCUT2D eigenvalue weighted by Gasteiger charge is 1.99. The van der Waals surface area contributed by atoms with Crippen LogP contribution in [0.25, 0.3) is 0 Å². The maximum Gasteiger partial charge on any atom is 0.252 e. The van der Waals surface area contributed by atoms with Crippen LogP contribution < -0.4 is 15.7 Å². The average Bonchev–Trinajstić information content (AvgIpc) is 2.38. The Morgan fingerprint density at radius 2 is 2.25 bits per heavy atom. The van der Waals surface area contributed by atoms with Crippen LogP contribution in [0, 0.1) is 6.92 Å². The predicted molar refractivity (Wildman–Crippen MR) is 81.5 cm³/mol. The number of nitrogens with one attached hydrogen (secondary N) is 2. The maximum absolute atomic E-state index is 11.3. The molecule has 0 bridgehead atoms. The number of hydrogen-bond donors (Lipinski definition) is 2. The summed E-state index contributed by atoms with van der Waals surface area (Å²) >= 11 is 3.40. The van der Waals surface area contributed by atoms with Gasteiger partial charge in [-0.15, -0.1) is 0 Å². The van der Waals surface area contributed by atoms with Gasteiger partial charge < -0.3 is 4.74 Å². The molecule has 0 spiro atoms. The summed E-state index contributed by atoms with van der Waals surface area (Å²) in [4.78, 5) is 17.9. The van der Waals surface area contributed by atoms with Crippen LogP contribution in [0.2, 0.25) is 0 Å². The Balaban J connectivity index is 2.10. The third-order valence-corrected chi connectivity index (χ3v) is 3.05. The highest BCUT2D eigenvalue weighted by Crippen LogP contribution is 2.24. The second kappa shape index (κ2) is 6.33. The molecule has 2 aromatic rings. The molecule has 7 heteroatoms. The maximum atomic E-state index is 11.3. The van der Waals surface area contributed by atoms with Gasteiger partial charge in [0.15, 0.2) is 0 Å². The second-order valence-corrected chi connectivity index (χ2v) is 4.85. The van der Waals surface area contributed by atoms with Crippen LogP contribution in [0.5, 0.6) is 5.75 Å². The largest absolute Gasteiger partial charge is 0.496 e. The second-order valence-electron chi connectivity index (χ2n) is 4.00. The number of benzene rings is 1. The number of nitrogens with zero attached hydrogens (tertiary/aromatic N) is 2. The van der Waals surface area contributed by atoms with Gasteiger partial charge in [0.2, 0.25) is 5.95 Å². The molecule has 20 heavy (non-hydrogen) atoms. The lowest BCUT2D eigenvalue weighted by atomic mass is 10.2. The van der Waals surface area contributed by atoms with Gasteiger partial charge in [0.1, 0.15) is 5.75 Å². The van der Waals surface area contributed by atoms with Crippen LogP contribution >= 0.6 is 15.9 Å². The number of anilines is 1. The minimum absolute atomic E-state index is 0.220. The fraction of sp³-hybridized carbons (Fsp3) is 0.154. The van der Waals surface area contributed by atoms with E-state index in [1.165, 1.54) is 6.07 Å². The predicted octanol–water partition coefficient (Wildman–Crippen LogP) is 2.30. The lowest BCUT2D eigenvalue weighted by Gasteiger charge is -2.03. The van der Waals surface area contributed by atoms with E-state index in [0.717, 1.165) is 15.8 Å². The molecule has 2 N–H and O–H groups in total. The number of H-pyrrole nitrogens is 1. The number of methoxy groups -OCH3 is 1. The molecule has 0 amide bonds. The molecule has 0 aliphatic heterocycles. The van der Waals surface area contributed by atoms with Gasteiger partial charge >= 0.3 is 0 Å². The minimum atomic E-state index is -0.220. The van der Waals surface area contributed by atoms with Crippen molar-refractivity contribution in [2.24, 2.45) is 5.10 Å². The van der Waals surface area contributed by atoms with Crippen LogP contribution in [0.1, 0.15) is 11.3 Å². The smallest absolute Gasteiger partial charge is 0.252 e. The molecular formula is C13H13BrN4O2. The molecule has 104 valence electrons. The highest BCUT2D eigenvalue weighted by molar-refractivity contribution is 9.10. The van der Waals surface area contributed by atoms with Crippen molar-refractivity contribution < 1.29 is 4.74 Å². The Bertz CT molecular complexity index is 697. The van der Waals surface area contributed by atoms with E-state index in [1.807, 2.05) is 18.2 Å². The van der Waals surface area contributed by atoms with Crippen LogP contribution in [0.15, 0.2) is 38.6 Å². The number of hydrogen-bond acceptors (Lipinski definition) is 5. The molecule has 0 aliphatic rings. The Kier molecular flexibility index (Phi) is 4.52. The van der Waals surface area contributed by atoms with Crippen LogP contribution in [-0.4, -0.2) is 23.3 Å². The molecular weight excluding hydrogens is 324 g/mol. The Hall–Kier alpha value is -2.15. The lowest BCUT2D eigenvalue weighted by Crippen LogP contribution is -2.10.